The Bertz CT molecular complexity index is 729. The number of nitrogens with zero attached hydrogens (tertiary/aromatic N) is 2. The van der Waals surface area contributed by atoms with E-state index < -0.39 is 5.97 Å². The maximum atomic E-state index is 11.8. The number of H-pyrrole nitrogens is 2. The van der Waals surface area contributed by atoms with Crippen molar-refractivity contribution in [3.8, 4) is 11.3 Å². The first-order valence-corrected chi connectivity index (χ1v) is 5.95. The minimum absolute atomic E-state index is 0.202. The van der Waals surface area contributed by atoms with E-state index in [-0.39, 0.29) is 5.69 Å². The second-order valence-electron chi connectivity index (χ2n) is 4.02. The van der Waals surface area contributed by atoms with Crippen molar-refractivity contribution in [1.29, 1.82) is 0 Å². The van der Waals surface area contributed by atoms with Gasteiger partial charge in [0, 0.05) is 17.3 Å². The topological polar surface area (TPSA) is 83.7 Å². The van der Waals surface area contributed by atoms with Crippen LogP contribution in [0.4, 0.5) is 0 Å². The van der Waals surface area contributed by atoms with E-state index in [1.54, 1.807) is 6.92 Å². The SMILES string of the molecule is CCOC(=O)c1n[nH]nc1-c1ccc2cc[nH]c2c1. The van der Waals surface area contributed by atoms with Crippen molar-refractivity contribution in [2.24, 2.45) is 0 Å². The lowest BCUT2D eigenvalue weighted by molar-refractivity contribution is 0.0520. The molecule has 0 atom stereocenters. The monoisotopic (exact) mass is 256 g/mol. The Hall–Kier alpha value is -2.63. The number of ether oxygens (including phenoxy) is 1. The number of hydrogen-bond acceptors (Lipinski definition) is 4. The standard InChI is InChI=1S/C13H12N4O2/c1-2-19-13(18)12-11(15-17-16-12)9-4-3-8-5-6-14-10(8)7-9/h3-7,14H,2H2,1H3,(H,15,16,17). The van der Waals surface area contributed by atoms with Gasteiger partial charge in [0.15, 0.2) is 5.69 Å². The van der Waals surface area contributed by atoms with Gasteiger partial charge in [-0.25, -0.2) is 4.79 Å². The fourth-order valence-electron chi connectivity index (χ4n) is 1.97. The van der Waals surface area contributed by atoms with Gasteiger partial charge in [0.25, 0.3) is 0 Å². The molecule has 0 unspecified atom stereocenters. The Balaban J connectivity index is 2.06. The van der Waals surface area contributed by atoms with Crippen molar-refractivity contribution in [2.45, 2.75) is 6.92 Å². The molecule has 0 saturated heterocycles. The first kappa shape index (κ1) is 11.5. The summed E-state index contributed by atoms with van der Waals surface area (Å²) < 4.78 is 4.95. The lowest BCUT2D eigenvalue weighted by Gasteiger charge is -2.01. The molecule has 0 aliphatic carbocycles. The van der Waals surface area contributed by atoms with Crippen LogP contribution in [0.25, 0.3) is 22.2 Å². The number of aromatic amines is 2. The van der Waals surface area contributed by atoms with Gasteiger partial charge in [-0.2, -0.15) is 10.3 Å². The highest BCUT2D eigenvalue weighted by Crippen LogP contribution is 2.24. The van der Waals surface area contributed by atoms with Crippen LogP contribution < -0.4 is 0 Å². The molecular weight excluding hydrogens is 244 g/mol. The summed E-state index contributed by atoms with van der Waals surface area (Å²) in [6.07, 6.45) is 1.86. The van der Waals surface area contributed by atoms with E-state index in [9.17, 15) is 4.79 Å². The van der Waals surface area contributed by atoms with E-state index in [1.165, 1.54) is 0 Å². The first-order chi connectivity index (χ1) is 9.29. The van der Waals surface area contributed by atoms with Crippen LogP contribution in [0.15, 0.2) is 30.5 Å². The van der Waals surface area contributed by atoms with Crippen LogP contribution >= 0.6 is 0 Å². The maximum Gasteiger partial charge on any atom is 0.361 e. The van der Waals surface area contributed by atoms with Crippen LogP contribution in [0.5, 0.6) is 0 Å². The summed E-state index contributed by atoms with van der Waals surface area (Å²) in [4.78, 5) is 14.9. The van der Waals surface area contributed by atoms with Crippen molar-refractivity contribution in [3.63, 3.8) is 0 Å². The van der Waals surface area contributed by atoms with Gasteiger partial charge in [-0.3, -0.25) is 0 Å². The van der Waals surface area contributed by atoms with Crippen LogP contribution in [-0.4, -0.2) is 33.0 Å². The second kappa shape index (κ2) is 4.56. The highest BCUT2D eigenvalue weighted by Gasteiger charge is 2.19. The molecule has 6 nitrogen and oxygen atoms in total. The van der Waals surface area contributed by atoms with Gasteiger partial charge >= 0.3 is 5.97 Å². The number of benzene rings is 1. The third-order valence-corrected chi connectivity index (χ3v) is 2.85. The summed E-state index contributed by atoms with van der Waals surface area (Å²) in [7, 11) is 0. The van der Waals surface area contributed by atoms with E-state index in [0.717, 1.165) is 16.5 Å². The number of nitrogens with one attached hydrogen (secondary N) is 2. The van der Waals surface area contributed by atoms with Crippen molar-refractivity contribution >= 4 is 16.9 Å². The molecule has 0 amide bonds. The van der Waals surface area contributed by atoms with Gasteiger partial charge in [0.1, 0.15) is 5.69 Å². The molecule has 0 aliphatic rings. The molecule has 2 heterocycles. The molecule has 0 fully saturated rings. The number of fused-ring (bicyclic) bond motifs is 1. The average molecular weight is 256 g/mol. The highest BCUT2D eigenvalue weighted by molar-refractivity contribution is 5.95. The Morgan fingerprint density at radius 1 is 1.32 bits per heavy atom. The van der Waals surface area contributed by atoms with Crippen LogP contribution in [0, 0.1) is 0 Å². The summed E-state index contributed by atoms with van der Waals surface area (Å²) in [6, 6.07) is 7.77. The van der Waals surface area contributed by atoms with E-state index in [1.807, 2.05) is 30.5 Å². The van der Waals surface area contributed by atoms with Gasteiger partial charge in [-0.1, -0.05) is 12.1 Å². The number of esters is 1. The van der Waals surface area contributed by atoms with Crippen LogP contribution in [0.3, 0.4) is 0 Å². The van der Waals surface area contributed by atoms with Crippen molar-refractivity contribution in [2.75, 3.05) is 6.61 Å². The summed E-state index contributed by atoms with van der Waals surface area (Å²) in [5.41, 5.74) is 2.49. The lowest BCUT2D eigenvalue weighted by Crippen LogP contribution is -2.06. The zero-order valence-corrected chi connectivity index (χ0v) is 10.3. The third-order valence-electron chi connectivity index (χ3n) is 2.85. The molecule has 0 aliphatic heterocycles. The minimum Gasteiger partial charge on any atom is -0.461 e. The van der Waals surface area contributed by atoms with Crippen LogP contribution in [-0.2, 0) is 4.74 Å². The van der Waals surface area contributed by atoms with Gasteiger partial charge in [-0.05, 0) is 24.4 Å². The van der Waals surface area contributed by atoms with Gasteiger partial charge in [-0.15, -0.1) is 5.10 Å². The van der Waals surface area contributed by atoms with Gasteiger partial charge in [0.2, 0.25) is 0 Å². The molecular formula is C13H12N4O2. The number of rotatable bonds is 3. The Morgan fingerprint density at radius 3 is 3.05 bits per heavy atom. The summed E-state index contributed by atoms with van der Waals surface area (Å²) >= 11 is 0. The molecule has 0 bridgehead atoms. The highest BCUT2D eigenvalue weighted by atomic mass is 16.5. The molecule has 0 spiro atoms. The zero-order chi connectivity index (χ0) is 13.2. The van der Waals surface area contributed by atoms with Gasteiger partial charge in [0.05, 0.1) is 6.61 Å². The summed E-state index contributed by atoms with van der Waals surface area (Å²) in [5.74, 6) is -0.474. The van der Waals surface area contributed by atoms with E-state index in [0.29, 0.717) is 12.3 Å². The Morgan fingerprint density at radius 2 is 2.21 bits per heavy atom. The molecule has 1 aromatic carbocycles. The predicted molar refractivity (Wildman–Crippen MR) is 69.6 cm³/mol. The quantitative estimate of drug-likeness (QED) is 0.703. The number of carbonyl (C=O) groups excluding carboxylic acids is 1. The van der Waals surface area contributed by atoms with Crippen LogP contribution in [0.2, 0.25) is 0 Å². The third kappa shape index (κ3) is 1.97. The second-order valence-corrected chi connectivity index (χ2v) is 4.02. The molecule has 0 saturated carbocycles. The van der Waals surface area contributed by atoms with E-state index in [2.05, 4.69) is 20.4 Å². The molecule has 3 rings (SSSR count). The largest absolute Gasteiger partial charge is 0.461 e. The molecule has 96 valence electrons. The molecule has 3 aromatic rings. The normalized spacial score (nSPS) is 10.8. The molecule has 2 N–H and O–H groups in total. The maximum absolute atomic E-state index is 11.8. The average Bonchev–Trinajstić information content (AvgIpc) is 3.07. The van der Waals surface area contributed by atoms with Crippen molar-refractivity contribution in [3.05, 3.63) is 36.2 Å². The predicted octanol–water partition coefficient (Wildman–Crippen LogP) is 2.13. The number of hydrogen-bond donors (Lipinski definition) is 2. The zero-order valence-electron chi connectivity index (χ0n) is 10.3. The fourth-order valence-corrected chi connectivity index (χ4v) is 1.97. The van der Waals surface area contributed by atoms with Crippen molar-refractivity contribution < 1.29 is 9.53 Å². The lowest BCUT2D eigenvalue weighted by atomic mass is 10.1. The van der Waals surface area contributed by atoms with E-state index >= 15 is 0 Å². The molecule has 19 heavy (non-hydrogen) atoms. The van der Waals surface area contributed by atoms with Crippen molar-refractivity contribution in [1.82, 2.24) is 20.4 Å². The molecule has 0 radical (unpaired) electrons. The Labute approximate surface area is 108 Å². The molecule has 6 heteroatoms. The minimum atomic E-state index is -0.474. The summed E-state index contributed by atoms with van der Waals surface area (Å²) in [5, 5.41) is 11.5. The number of aromatic nitrogens is 4. The van der Waals surface area contributed by atoms with Crippen LogP contribution in [0.1, 0.15) is 17.4 Å². The smallest absolute Gasteiger partial charge is 0.361 e. The molecule has 2 aromatic heterocycles. The Kier molecular flexibility index (Phi) is 2.75. The van der Waals surface area contributed by atoms with E-state index in [4.69, 9.17) is 4.74 Å². The fraction of sp³-hybridized carbons (Fsp3) is 0.154. The summed E-state index contributed by atoms with van der Waals surface area (Å²) in [6.45, 7) is 2.06. The van der Waals surface area contributed by atoms with Gasteiger partial charge < -0.3 is 9.72 Å². The first-order valence-electron chi connectivity index (χ1n) is 5.95. The number of carbonyl (C=O) groups is 1.